The lowest BCUT2D eigenvalue weighted by molar-refractivity contribution is -0.141. The van der Waals surface area contributed by atoms with Gasteiger partial charge in [0.25, 0.3) is 0 Å². The van der Waals surface area contributed by atoms with Crippen molar-refractivity contribution in [2.75, 3.05) is 52.6 Å². The molecule has 4 rings (SSSR count). The van der Waals surface area contributed by atoms with E-state index in [0.717, 1.165) is 63.7 Å². The van der Waals surface area contributed by atoms with Crippen LogP contribution in [0.1, 0.15) is 43.3 Å². The maximum absolute atomic E-state index is 12.7. The molecular formula is C18H28N4O4. The van der Waals surface area contributed by atoms with Crippen molar-refractivity contribution < 1.29 is 18.8 Å². The number of nitrogens with zero attached hydrogens (tertiary/aromatic N) is 4. The van der Waals surface area contributed by atoms with Crippen molar-refractivity contribution >= 4 is 5.91 Å². The van der Waals surface area contributed by atoms with Gasteiger partial charge in [0.15, 0.2) is 5.82 Å². The number of ether oxygens (including phenoxy) is 2. The van der Waals surface area contributed by atoms with E-state index in [-0.39, 0.29) is 11.8 Å². The van der Waals surface area contributed by atoms with Crippen LogP contribution in [-0.4, -0.2) is 78.5 Å². The van der Waals surface area contributed by atoms with Gasteiger partial charge < -0.3 is 18.9 Å². The molecule has 4 heterocycles. The number of hydrogen-bond donors (Lipinski definition) is 0. The molecule has 8 heteroatoms. The van der Waals surface area contributed by atoms with Gasteiger partial charge >= 0.3 is 0 Å². The minimum Gasteiger partial charge on any atom is -0.381 e. The van der Waals surface area contributed by atoms with E-state index in [1.165, 1.54) is 0 Å². The number of aromatic nitrogens is 2. The van der Waals surface area contributed by atoms with Crippen molar-refractivity contribution in [2.45, 2.75) is 38.1 Å². The summed E-state index contributed by atoms with van der Waals surface area (Å²) in [4.78, 5) is 21.6. The van der Waals surface area contributed by atoms with Gasteiger partial charge in [0.2, 0.25) is 11.8 Å². The van der Waals surface area contributed by atoms with Crippen LogP contribution in [0.4, 0.5) is 0 Å². The predicted octanol–water partition coefficient (Wildman–Crippen LogP) is 1.03. The summed E-state index contributed by atoms with van der Waals surface area (Å²) in [6.45, 7) is 6.67. The second-order valence-electron chi connectivity index (χ2n) is 7.45. The van der Waals surface area contributed by atoms with E-state index in [1.807, 2.05) is 4.90 Å². The molecule has 0 spiro atoms. The molecule has 1 unspecified atom stereocenters. The molecule has 0 radical (unpaired) electrons. The molecule has 1 aromatic rings. The number of hydrogen-bond acceptors (Lipinski definition) is 7. The molecule has 0 N–H and O–H groups in total. The molecule has 0 saturated carbocycles. The zero-order valence-electron chi connectivity index (χ0n) is 15.3. The summed E-state index contributed by atoms with van der Waals surface area (Å²) in [6, 6.07) is 0. The molecule has 3 fully saturated rings. The van der Waals surface area contributed by atoms with E-state index in [4.69, 9.17) is 14.0 Å². The topological polar surface area (TPSA) is 80.9 Å². The number of morpholine rings is 1. The van der Waals surface area contributed by atoms with Crippen molar-refractivity contribution in [2.24, 2.45) is 5.92 Å². The first-order chi connectivity index (χ1) is 12.8. The summed E-state index contributed by atoms with van der Waals surface area (Å²) >= 11 is 0. The molecule has 144 valence electrons. The van der Waals surface area contributed by atoms with Gasteiger partial charge in [-0.2, -0.15) is 4.98 Å². The second-order valence-corrected chi connectivity index (χ2v) is 7.45. The summed E-state index contributed by atoms with van der Waals surface area (Å²) in [7, 11) is 0. The number of rotatable bonds is 4. The van der Waals surface area contributed by atoms with Crippen molar-refractivity contribution in [3.05, 3.63) is 11.7 Å². The summed E-state index contributed by atoms with van der Waals surface area (Å²) in [5.41, 5.74) is 0. The van der Waals surface area contributed by atoms with Gasteiger partial charge in [0.05, 0.1) is 25.7 Å². The summed E-state index contributed by atoms with van der Waals surface area (Å²) in [6.07, 6.45) is 3.89. The van der Waals surface area contributed by atoms with Crippen molar-refractivity contribution in [3.8, 4) is 0 Å². The highest BCUT2D eigenvalue weighted by Crippen LogP contribution is 2.26. The molecule has 8 nitrogen and oxygen atoms in total. The first kappa shape index (κ1) is 17.9. The molecule has 1 atom stereocenters. The number of likely N-dealkylation sites (tertiary alicyclic amines) is 1. The second kappa shape index (κ2) is 8.45. The fourth-order valence-corrected chi connectivity index (χ4v) is 4.08. The summed E-state index contributed by atoms with van der Waals surface area (Å²) in [5, 5.41) is 4.16. The van der Waals surface area contributed by atoms with Crippen LogP contribution in [-0.2, 0) is 20.8 Å². The Morgan fingerprint density at radius 3 is 2.62 bits per heavy atom. The van der Waals surface area contributed by atoms with Crippen molar-refractivity contribution in [1.29, 1.82) is 0 Å². The van der Waals surface area contributed by atoms with E-state index in [9.17, 15) is 4.79 Å². The average Bonchev–Trinajstić information content (AvgIpc) is 3.17. The van der Waals surface area contributed by atoms with E-state index in [1.54, 1.807) is 0 Å². The van der Waals surface area contributed by atoms with Crippen LogP contribution in [0.25, 0.3) is 0 Å². The van der Waals surface area contributed by atoms with Crippen LogP contribution in [0, 0.1) is 5.92 Å². The molecule has 3 aliphatic rings. The Morgan fingerprint density at radius 1 is 1.04 bits per heavy atom. The lowest BCUT2D eigenvalue weighted by Crippen LogP contribution is -2.48. The highest BCUT2D eigenvalue weighted by atomic mass is 16.5. The first-order valence-electron chi connectivity index (χ1n) is 9.78. The van der Waals surface area contributed by atoms with Gasteiger partial charge in [-0.1, -0.05) is 5.16 Å². The molecule has 3 saturated heterocycles. The predicted molar refractivity (Wildman–Crippen MR) is 92.5 cm³/mol. The standard InChI is InChI=1S/C18H28N4O4/c23-18(22-6-10-25-11-7-22)15-2-1-5-21(12-15)13-16-19-17(26-20-16)14-3-8-24-9-4-14/h14-15H,1-13H2. The fraction of sp³-hybridized carbons (Fsp3) is 0.833. The monoisotopic (exact) mass is 364 g/mol. The van der Waals surface area contributed by atoms with Crippen molar-refractivity contribution in [1.82, 2.24) is 19.9 Å². The Kier molecular flexibility index (Phi) is 5.81. The van der Waals surface area contributed by atoms with Crippen LogP contribution in [0.2, 0.25) is 0 Å². The Bertz CT molecular complexity index is 596. The van der Waals surface area contributed by atoms with Crippen LogP contribution >= 0.6 is 0 Å². The third-order valence-electron chi connectivity index (χ3n) is 5.60. The number of carbonyl (C=O) groups is 1. The molecule has 1 aromatic heterocycles. The zero-order valence-corrected chi connectivity index (χ0v) is 15.3. The van der Waals surface area contributed by atoms with Gasteiger partial charge in [0, 0.05) is 38.8 Å². The summed E-state index contributed by atoms with van der Waals surface area (Å²) < 4.78 is 16.2. The molecule has 26 heavy (non-hydrogen) atoms. The lowest BCUT2D eigenvalue weighted by Gasteiger charge is -2.35. The Hall–Kier alpha value is -1.51. The van der Waals surface area contributed by atoms with E-state index >= 15 is 0 Å². The molecule has 3 aliphatic heterocycles. The average molecular weight is 364 g/mol. The maximum atomic E-state index is 12.7. The number of piperidine rings is 1. The largest absolute Gasteiger partial charge is 0.381 e. The Labute approximate surface area is 153 Å². The molecule has 0 aliphatic carbocycles. The van der Waals surface area contributed by atoms with Gasteiger partial charge in [-0.15, -0.1) is 0 Å². The van der Waals surface area contributed by atoms with E-state index in [0.29, 0.717) is 38.8 Å². The van der Waals surface area contributed by atoms with Crippen LogP contribution in [0.3, 0.4) is 0 Å². The molecule has 0 aromatic carbocycles. The normalized spacial score (nSPS) is 26.2. The minimum absolute atomic E-state index is 0.0729. The molecule has 0 bridgehead atoms. The van der Waals surface area contributed by atoms with Crippen LogP contribution in [0.15, 0.2) is 4.52 Å². The Balaban J connectivity index is 1.32. The highest BCUT2D eigenvalue weighted by Gasteiger charge is 2.31. The SMILES string of the molecule is O=C(C1CCCN(Cc2noc(C3CCOCC3)n2)C1)N1CCOCC1. The molecular weight excluding hydrogens is 336 g/mol. The third-order valence-corrected chi connectivity index (χ3v) is 5.60. The van der Waals surface area contributed by atoms with Gasteiger partial charge in [-0.25, -0.2) is 0 Å². The molecule has 1 amide bonds. The van der Waals surface area contributed by atoms with Gasteiger partial charge in [-0.3, -0.25) is 9.69 Å². The van der Waals surface area contributed by atoms with E-state index in [2.05, 4.69) is 15.0 Å². The minimum atomic E-state index is 0.0729. The third kappa shape index (κ3) is 4.24. The summed E-state index contributed by atoms with van der Waals surface area (Å²) in [5.74, 6) is 2.13. The van der Waals surface area contributed by atoms with Crippen LogP contribution < -0.4 is 0 Å². The highest BCUT2D eigenvalue weighted by molar-refractivity contribution is 5.79. The van der Waals surface area contributed by atoms with E-state index < -0.39 is 0 Å². The smallest absolute Gasteiger partial charge is 0.229 e. The fourth-order valence-electron chi connectivity index (χ4n) is 4.08. The maximum Gasteiger partial charge on any atom is 0.229 e. The number of amides is 1. The quantitative estimate of drug-likeness (QED) is 0.789. The van der Waals surface area contributed by atoms with Gasteiger partial charge in [0.1, 0.15) is 0 Å². The lowest BCUT2D eigenvalue weighted by atomic mass is 9.96. The zero-order chi connectivity index (χ0) is 17.8. The van der Waals surface area contributed by atoms with Gasteiger partial charge in [-0.05, 0) is 32.2 Å². The van der Waals surface area contributed by atoms with Crippen molar-refractivity contribution in [3.63, 3.8) is 0 Å². The number of carbonyl (C=O) groups excluding carboxylic acids is 1. The van der Waals surface area contributed by atoms with Crippen LogP contribution in [0.5, 0.6) is 0 Å². The first-order valence-corrected chi connectivity index (χ1v) is 9.78. The Morgan fingerprint density at radius 2 is 1.81 bits per heavy atom.